The second kappa shape index (κ2) is 4.73. The second-order valence-electron chi connectivity index (χ2n) is 3.78. The quantitative estimate of drug-likeness (QED) is 0.805. The van der Waals surface area contributed by atoms with Crippen molar-refractivity contribution in [3.05, 3.63) is 35.1 Å². The average Bonchev–Trinajstić information content (AvgIpc) is 2.42. The van der Waals surface area contributed by atoms with E-state index in [0.29, 0.717) is 6.61 Å². The van der Waals surface area contributed by atoms with Gasteiger partial charge in [-0.2, -0.15) is 0 Å². The van der Waals surface area contributed by atoms with Crippen LogP contribution >= 0.6 is 0 Å². The van der Waals surface area contributed by atoms with Crippen molar-refractivity contribution in [3.8, 4) is 0 Å². The van der Waals surface area contributed by atoms with Gasteiger partial charge in [-0.25, -0.2) is 4.39 Å². The van der Waals surface area contributed by atoms with Gasteiger partial charge in [0.05, 0.1) is 19.3 Å². The SMILES string of the molecule is CCNC1COCCc2ccc(F)cc21. The van der Waals surface area contributed by atoms with Crippen LogP contribution in [0.2, 0.25) is 0 Å². The zero-order valence-corrected chi connectivity index (χ0v) is 8.92. The minimum Gasteiger partial charge on any atom is -0.379 e. The Labute approximate surface area is 89.4 Å². The van der Waals surface area contributed by atoms with Crippen LogP contribution in [-0.4, -0.2) is 19.8 Å². The fraction of sp³-hybridized carbons (Fsp3) is 0.500. The molecule has 82 valence electrons. The summed E-state index contributed by atoms with van der Waals surface area (Å²) in [4.78, 5) is 0. The summed E-state index contributed by atoms with van der Waals surface area (Å²) >= 11 is 0. The third-order valence-electron chi connectivity index (χ3n) is 2.73. The van der Waals surface area contributed by atoms with Gasteiger partial charge in [0, 0.05) is 0 Å². The molecule has 1 aromatic carbocycles. The summed E-state index contributed by atoms with van der Waals surface area (Å²) in [5.74, 6) is -0.168. The molecule has 1 heterocycles. The van der Waals surface area contributed by atoms with Crippen molar-refractivity contribution in [1.82, 2.24) is 5.32 Å². The molecule has 15 heavy (non-hydrogen) atoms. The molecule has 1 aromatic rings. The van der Waals surface area contributed by atoms with Gasteiger partial charge in [0.1, 0.15) is 5.82 Å². The molecule has 0 fully saturated rings. The summed E-state index contributed by atoms with van der Waals surface area (Å²) in [7, 11) is 0. The molecule has 0 saturated heterocycles. The van der Waals surface area contributed by atoms with Crippen molar-refractivity contribution in [3.63, 3.8) is 0 Å². The molecule has 1 atom stereocenters. The minimum atomic E-state index is -0.168. The highest BCUT2D eigenvalue weighted by molar-refractivity contribution is 5.31. The molecule has 0 saturated carbocycles. The number of fused-ring (bicyclic) bond motifs is 1. The van der Waals surface area contributed by atoms with Crippen LogP contribution in [0.25, 0.3) is 0 Å². The van der Waals surface area contributed by atoms with Crippen LogP contribution < -0.4 is 5.32 Å². The van der Waals surface area contributed by atoms with Crippen molar-refractivity contribution in [2.24, 2.45) is 0 Å². The van der Waals surface area contributed by atoms with E-state index in [1.165, 1.54) is 11.6 Å². The first-order valence-corrected chi connectivity index (χ1v) is 5.40. The van der Waals surface area contributed by atoms with Crippen LogP contribution in [-0.2, 0) is 11.2 Å². The Hall–Kier alpha value is -0.930. The van der Waals surface area contributed by atoms with Gasteiger partial charge in [0.25, 0.3) is 0 Å². The van der Waals surface area contributed by atoms with E-state index in [0.717, 1.165) is 25.1 Å². The van der Waals surface area contributed by atoms with Crippen molar-refractivity contribution in [2.75, 3.05) is 19.8 Å². The van der Waals surface area contributed by atoms with Gasteiger partial charge < -0.3 is 10.1 Å². The van der Waals surface area contributed by atoms with Gasteiger partial charge >= 0.3 is 0 Å². The summed E-state index contributed by atoms with van der Waals surface area (Å²) in [5, 5.41) is 3.32. The number of hydrogen-bond acceptors (Lipinski definition) is 2. The highest BCUT2D eigenvalue weighted by Gasteiger charge is 2.18. The van der Waals surface area contributed by atoms with E-state index in [4.69, 9.17) is 4.74 Å². The fourth-order valence-corrected chi connectivity index (χ4v) is 2.01. The molecule has 2 nitrogen and oxygen atoms in total. The molecule has 1 aliphatic heterocycles. The number of rotatable bonds is 2. The lowest BCUT2D eigenvalue weighted by Crippen LogP contribution is -2.24. The smallest absolute Gasteiger partial charge is 0.123 e. The Bertz CT molecular complexity index is 340. The highest BCUT2D eigenvalue weighted by Crippen LogP contribution is 2.23. The zero-order chi connectivity index (χ0) is 10.7. The predicted molar refractivity (Wildman–Crippen MR) is 57.3 cm³/mol. The topological polar surface area (TPSA) is 21.3 Å². The summed E-state index contributed by atoms with van der Waals surface area (Å²) in [6, 6.07) is 5.14. The van der Waals surface area contributed by atoms with E-state index in [9.17, 15) is 4.39 Å². The summed E-state index contributed by atoms with van der Waals surface area (Å²) in [5.41, 5.74) is 2.24. The first kappa shape index (κ1) is 10.6. The number of benzene rings is 1. The molecule has 2 rings (SSSR count). The molecule has 0 aliphatic carbocycles. The molecule has 3 heteroatoms. The van der Waals surface area contributed by atoms with Crippen molar-refractivity contribution in [1.29, 1.82) is 0 Å². The van der Waals surface area contributed by atoms with E-state index in [-0.39, 0.29) is 11.9 Å². The van der Waals surface area contributed by atoms with Gasteiger partial charge in [-0.3, -0.25) is 0 Å². The highest BCUT2D eigenvalue weighted by atomic mass is 19.1. The lowest BCUT2D eigenvalue weighted by Gasteiger charge is -2.17. The van der Waals surface area contributed by atoms with Crippen LogP contribution in [0.3, 0.4) is 0 Å². The molecule has 1 unspecified atom stereocenters. The predicted octanol–water partition coefficient (Wildman–Crippen LogP) is 2.05. The van der Waals surface area contributed by atoms with Gasteiger partial charge in [0.2, 0.25) is 0 Å². The third-order valence-corrected chi connectivity index (χ3v) is 2.73. The lowest BCUT2D eigenvalue weighted by atomic mass is 9.99. The summed E-state index contributed by atoms with van der Waals surface area (Å²) in [6.07, 6.45) is 0.873. The zero-order valence-electron chi connectivity index (χ0n) is 8.92. The summed E-state index contributed by atoms with van der Waals surface area (Å²) in [6.45, 7) is 4.26. The molecule has 0 bridgehead atoms. The second-order valence-corrected chi connectivity index (χ2v) is 3.78. The van der Waals surface area contributed by atoms with Crippen LogP contribution in [0.1, 0.15) is 24.1 Å². The van der Waals surface area contributed by atoms with Crippen LogP contribution in [0, 0.1) is 5.82 Å². The van der Waals surface area contributed by atoms with Gasteiger partial charge in [-0.15, -0.1) is 0 Å². The number of ether oxygens (including phenoxy) is 1. The molecule has 1 N–H and O–H groups in total. The van der Waals surface area contributed by atoms with Crippen LogP contribution in [0.5, 0.6) is 0 Å². The summed E-state index contributed by atoms with van der Waals surface area (Å²) < 4.78 is 18.7. The first-order valence-electron chi connectivity index (χ1n) is 5.40. The maximum Gasteiger partial charge on any atom is 0.123 e. The van der Waals surface area contributed by atoms with E-state index in [2.05, 4.69) is 5.32 Å². The maximum atomic E-state index is 13.2. The van der Waals surface area contributed by atoms with E-state index in [1.54, 1.807) is 6.07 Å². The van der Waals surface area contributed by atoms with Crippen LogP contribution in [0.4, 0.5) is 4.39 Å². The number of nitrogens with one attached hydrogen (secondary N) is 1. The maximum absolute atomic E-state index is 13.2. The monoisotopic (exact) mass is 209 g/mol. The Morgan fingerprint density at radius 1 is 1.53 bits per heavy atom. The molecule has 0 spiro atoms. The van der Waals surface area contributed by atoms with E-state index in [1.807, 2.05) is 13.0 Å². The number of likely N-dealkylation sites (N-methyl/N-ethyl adjacent to an activating group) is 1. The number of hydrogen-bond donors (Lipinski definition) is 1. The largest absolute Gasteiger partial charge is 0.379 e. The van der Waals surface area contributed by atoms with Gasteiger partial charge in [-0.1, -0.05) is 13.0 Å². The first-order chi connectivity index (χ1) is 7.31. The van der Waals surface area contributed by atoms with Gasteiger partial charge in [-0.05, 0) is 36.2 Å². The van der Waals surface area contributed by atoms with Crippen LogP contribution in [0.15, 0.2) is 18.2 Å². The Morgan fingerprint density at radius 3 is 3.20 bits per heavy atom. The Morgan fingerprint density at radius 2 is 2.40 bits per heavy atom. The molecular formula is C12H16FNO. The minimum absolute atomic E-state index is 0.128. The Balaban J connectivity index is 2.33. The molecule has 1 aliphatic rings. The van der Waals surface area contributed by atoms with E-state index < -0.39 is 0 Å². The third kappa shape index (κ3) is 2.36. The molecule has 0 amide bonds. The van der Waals surface area contributed by atoms with Gasteiger partial charge in [0.15, 0.2) is 0 Å². The standard InChI is InChI=1S/C12H16FNO/c1-2-14-12-8-15-6-5-9-3-4-10(13)7-11(9)12/h3-4,7,12,14H,2,5-6,8H2,1H3. The fourth-order valence-electron chi connectivity index (χ4n) is 2.01. The Kier molecular flexibility index (Phi) is 3.34. The normalized spacial score (nSPS) is 20.8. The van der Waals surface area contributed by atoms with Crippen molar-refractivity contribution < 1.29 is 9.13 Å². The molecule has 0 radical (unpaired) electrons. The lowest BCUT2D eigenvalue weighted by molar-refractivity contribution is 0.122. The van der Waals surface area contributed by atoms with E-state index >= 15 is 0 Å². The molecular weight excluding hydrogens is 193 g/mol. The molecule has 0 aromatic heterocycles. The average molecular weight is 209 g/mol. The van der Waals surface area contributed by atoms with Crippen molar-refractivity contribution >= 4 is 0 Å². The van der Waals surface area contributed by atoms with Crippen molar-refractivity contribution in [2.45, 2.75) is 19.4 Å². The number of halogens is 1.